The Kier molecular flexibility index (Phi) is 7.85. The maximum atomic E-state index is 14.6. The van der Waals surface area contributed by atoms with Crippen LogP contribution in [0.3, 0.4) is 0 Å². The molecule has 5 rings (SSSR count). The van der Waals surface area contributed by atoms with Crippen LogP contribution in [0, 0.1) is 0 Å². The SMILES string of the molecule is O=C(OCc1ccccc1)N1CCC(C(=O)N(Cc2ccccc2)C2CCNC2)(c2ccccc2)CC1. The lowest BCUT2D eigenvalue weighted by Gasteiger charge is -2.44. The Hall–Kier alpha value is -3.64. The summed E-state index contributed by atoms with van der Waals surface area (Å²) in [4.78, 5) is 31.3. The zero-order chi connectivity index (χ0) is 25.5. The van der Waals surface area contributed by atoms with Gasteiger partial charge in [-0.05, 0) is 42.5 Å². The molecule has 192 valence electrons. The van der Waals surface area contributed by atoms with Gasteiger partial charge in [-0.25, -0.2) is 4.79 Å². The van der Waals surface area contributed by atoms with Crippen LogP contribution in [-0.2, 0) is 28.1 Å². The molecule has 6 nitrogen and oxygen atoms in total. The van der Waals surface area contributed by atoms with Crippen molar-refractivity contribution >= 4 is 12.0 Å². The Morgan fingerprint density at radius 2 is 1.46 bits per heavy atom. The van der Waals surface area contributed by atoms with Gasteiger partial charge in [-0.1, -0.05) is 91.0 Å². The van der Waals surface area contributed by atoms with Gasteiger partial charge in [0.05, 0.1) is 5.41 Å². The highest BCUT2D eigenvalue weighted by atomic mass is 16.6. The number of carbonyl (C=O) groups excluding carboxylic acids is 2. The first kappa shape index (κ1) is 25.0. The largest absolute Gasteiger partial charge is 0.445 e. The maximum absolute atomic E-state index is 14.6. The number of ether oxygens (including phenoxy) is 1. The summed E-state index contributed by atoms with van der Waals surface area (Å²) in [5.41, 5.74) is 2.45. The molecule has 2 saturated heterocycles. The third-order valence-corrected chi connectivity index (χ3v) is 7.75. The average Bonchev–Trinajstić information content (AvgIpc) is 3.51. The molecule has 0 bridgehead atoms. The van der Waals surface area contributed by atoms with E-state index in [-0.39, 0.29) is 24.6 Å². The van der Waals surface area contributed by atoms with Crippen LogP contribution in [0.25, 0.3) is 0 Å². The molecule has 1 unspecified atom stereocenters. The summed E-state index contributed by atoms with van der Waals surface area (Å²) in [6.45, 7) is 3.53. The normalized spacial score (nSPS) is 18.8. The van der Waals surface area contributed by atoms with E-state index in [0.29, 0.717) is 32.5 Å². The molecule has 6 heteroatoms. The molecule has 3 aromatic rings. The zero-order valence-electron chi connectivity index (χ0n) is 21.2. The van der Waals surface area contributed by atoms with Crippen LogP contribution in [0.15, 0.2) is 91.0 Å². The molecular weight excluding hydrogens is 462 g/mol. The van der Waals surface area contributed by atoms with Crippen molar-refractivity contribution < 1.29 is 14.3 Å². The molecule has 3 aromatic carbocycles. The first-order valence-electron chi connectivity index (χ1n) is 13.2. The van der Waals surface area contributed by atoms with Crippen LogP contribution in [0.1, 0.15) is 36.0 Å². The van der Waals surface area contributed by atoms with E-state index >= 15 is 0 Å². The molecule has 37 heavy (non-hydrogen) atoms. The third-order valence-electron chi connectivity index (χ3n) is 7.75. The van der Waals surface area contributed by atoms with Crippen LogP contribution in [0.5, 0.6) is 0 Å². The summed E-state index contributed by atoms with van der Waals surface area (Å²) < 4.78 is 5.59. The Morgan fingerprint density at radius 3 is 2.05 bits per heavy atom. The number of benzene rings is 3. The standard InChI is InChI=1S/C31H35N3O3/c35-29(34(28-16-19-32-22-28)23-25-10-4-1-5-11-25)31(27-14-8-3-9-15-27)17-20-33(21-18-31)30(36)37-24-26-12-6-2-7-13-26/h1-15,28,32H,16-24H2. The molecule has 0 aliphatic carbocycles. The summed E-state index contributed by atoms with van der Waals surface area (Å²) in [6.07, 6.45) is 1.77. The van der Waals surface area contributed by atoms with Crippen molar-refractivity contribution in [1.29, 1.82) is 0 Å². The lowest BCUT2D eigenvalue weighted by Crippen LogP contribution is -2.56. The number of nitrogens with one attached hydrogen (secondary N) is 1. The summed E-state index contributed by atoms with van der Waals surface area (Å²) in [7, 11) is 0. The first-order valence-corrected chi connectivity index (χ1v) is 13.2. The van der Waals surface area contributed by atoms with E-state index < -0.39 is 5.41 Å². The van der Waals surface area contributed by atoms with Gasteiger partial charge in [-0.3, -0.25) is 4.79 Å². The lowest BCUT2D eigenvalue weighted by atomic mass is 9.71. The zero-order valence-corrected chi connectivity index (χ0v) is 21.2. The number of nitrogens with zero attached hydrogens (tertiary/aromatic N) is 2. The minimum atomic E-state index is -0.672. The fraction of sp³-hybridized carbons (Fsp3) is 0.355. The molecule has 2 fully saturated rings. The second-order valence-corrected chi connectivity index (χ2v) is 10.0. The predicted molar refractivity (Wildman–Crippen MR) is 144 cm³/mol. The molecule has 0 radical (unpaired) electrons. The predicted octanol–water partition coefficient (Wildman–Crippen LogP) is 4.75. The van der Waals surface area contributed by atoms with Gasteiger partial charge in [0.15, 0.2) is 0 Å². The number of likely N-dealkylation sites (tertiary alicyclic amines) is 1. The molecule has 2 heterocycles. The highest BCUT2D eigenvalue weighted by Gasteiger charge is 2.47. The van der Waals surface area contributed by atoms with Crippen molar-refractivity contribution in [2.24, 2.45) is 0 Å². The second kappa shape index (κ2) is 11.6. The van der Waals surface area contributed by atoms with Crippen molar-refractivity contribution in [2.45, 2.75) is 43.9 Å². The topological polar surface area (TPSA) is 61.9 Å². The summed E-state index contributed by atoms with van der Waals surface area (Å²) in [5, 5.41) is 3.43. The smallest absolute Gasteiger partial charge is 0.410 e. The summed E-state index contributed by atoms with van der Waals surface area (Å²) >= 11 is 0. The molecule has 0 aromatic heterocycles. The Morgan fingerprint density at radius 1 is 0.865 bits per heavy atom. The van der Waals surface area contributed by atoms with Gasteiger partial charge in [-0.2, -0.15) is 0 Å². The number of hydrogen-bond donors (Lipinski definition) is 1. The number of piperidine rings is 1. The molecular formula is C31H35N3O3. The molecule has 0 spiro atoms. The molecule has 2 amide bonds. The summed E-state index contributed by atoms with van der Waals surface area (Å²) in [6, 6.07) is 30.2. The van der Waals surface area contributed by atoms with E-state index in [9.17, 15) is 9.59 Å². The van der Waals surface area contributed by atoms with Gasteiger partial charge in [0.2, 0.25) is 5.91 Å². The van der Waals surface area contributed by atoms with Crippen LogP contribution >= 0.6 is 0 Å². The number of amides is 2. The quantitative estimate of drug-likeness (QED) is 0.512. The fourth-order valence-electron chi connectivity index (χ4n) is 5.59. The monoisotopic (exact) mass is 497 g/mol. The van der Waals surface area contributed by atoms with Crippen molar-refractivity contribution in [3.8, 4) is 0 Å². The Balaban J connectivity index is 1.36. The van der Waals surface area contributed by atoms with E-state index in [2.05, 4.69) is 34.5 Å². The van der Waals surface area contributed by atoms with E-state index in [1.807, 2.05) is 66.7 Å². The molecule has 0 saturated carbocycles. The Bertz CT molecular complexity index is 1160. The molecule has 1 atom stereocenters. The van der Waals surface area contributed by atoms with Gasteiger partial charge < -0.3 is 19.9 Å². The van der Waals surface area contributed by atoms with Gasteiger partial charge >= 0.3 is 6.09 Å². The van der Waals surface area contributed by atoms with E-state index in [1.54, 1.807) is 4.90 Å². The van der Waals surface area contributed by atoms with Gasteiger partial charge in [0.25, 0.3) is 0 Å². The van der Waals surface area contributed by atoms with Crippen molar-refractivity contribution in [1.82, 2.24) is 15.1 Å². The van der Waals surface area contributed by atoms with E-state index in [4.69, 9.17) is 4.74 Å². The molecule has 2 aliphatic heterocycles. The summed E-state index contributed by atoms with van der Waals surface area (Å²) in [5.74, 6) is 0.161. The van der Waals surface area contributed by atoms with E-state index in [1.165, 1.54) is 0 Å². The lowest BCUT2D eigenvalue weighted by molar-refractivity contribution is -0.142. The van der Waals surface area contributed by atoms with Crippen LogP contribution < -0.4 is 5.32 Å². The third kappa shape index (κ3) is 5.70. The van der Waals surface area contributed by atoms with Gasteiger partial charge in [0.1, 0.15) is 6.61 Å². The number of hydrogen-bond acceptors (Lipinski definition) is 4. The van der Waals surface area contributed by atoms with Crippen LogP contribution in [-0.4, -0.2) is 54.0 Å². The number of rotatable bonds is 7. The van der Waals surface area contributed by atoms with Gasteiger partial charge in [0, 0.05) is 32.2 Å². The second-order valence-electron chi connectivity index (χ2n) is 10.0. The highest BCUT2D eigenvalue weighted by molar-refractivity contribution is 5.89. The fourth-order valence-corrected chi connectivity index (χ4v) is 5.59. The van der Waals surface area contributed by atoms with E-state index in [0.717, 1.165) is 36.2 Å². The highest BCUT2D eigenvalue weighted by Crippen LogP contribution is 2.39. The van der Waals surface area contributed by atoms with Crippen molar-refractivity contribution in [2.75, 3.05) is 26.2 Å². The van der Waals surface area contributed by atoms with Gasteiger partial charge in [-0.15, -0.1) is 0 Å². The first-order chi connectivity index (χ1) is 18.2. The average molecular weight is 498 g/mol. The van der Waals surface area contributed by atoms with Crippen LogP contribution in [0.2, 0.25) is 0 Å². The minimum absolute atomic E-state index is 0.155. The molecule has 1 N–H and O–H groups in total. The Labute approximate surface area is 219 Å². The minimum Gasteiger partial charge on any atom is -0.445 e. The van der Waals surface area contributed by atoms with Crippen molar-refractivity contribution in [3.63, 3.8) is 0 Å². The molecule has 2 aliphatic rings. The maximum Gasteiger partial charge on any atom is 0.410 e. The van der Waals surface area contributed by atoms with Crippen LogP contribution in [0.4, 0.5) is 4.79 Å². The van der Waals surface area contributed by atoms with Crippen molar-refractivity contribution in [3.05, 3.63) is 108 Å². The number of carbonyl (C=O) groups is 2.